The SMILES string of the molecule is COc1cccc(/C=C/C(=O)c2nc3cc(F)c(F)cc3[nH]2)c1. The number of ketones is 1. The molecule has 3 rings (SSSR count). The zero-order valence-electron chi connectivity index (χ0n) is 12.1. The van der Waals surface area contributed by atoms with E-state index in [1.54, 1.807) is 31.4 Å². The van der Waals surface area contributed by atoms with Crippen LogP contribution in [0.5, 0.6) is 5.75 Å². The second kappa shape index (κ2) is 6.00. The molecule has 0 aliphatic rings. The molecule has 0 saturated heterocycles. The Balaban J connectivity index is 1.86. The molecule has 6 heteroatoms. The molecule has 116 valence electrons. The minimum Gasteiger partial charge on any atom is -0.497 e. The maximum Gasteiger partial charge on any atom is 0.221 e. The monoisotopic (exact) mass is 314 g/mol. The normalized spacial score (nSPS) is 11.3. The predicted octanol–water partition coefficient (Wildman–Crippen LogP) is 3.75. The van der Waals surface area contributed by atoms with Gasteiger partial charge in [-0.05, 0) is 23.8 Å². The number of allylic oxidation sites excluding steroid dienone is 1. The number of ether oxygens (including phenoxy) is 1. The molecule has 0 saturated carbocycles. The Bertz CT molecular complexity index is 877. The number of hydrogen-bond donors (Lipinski definition) is 1. The Morgan fingerprint density at radius 3 is 2.78 bits per heavy atom. The molecule has 1 heterocycles. The molecular weight excluding hydrogens is 302 g/mol. The lowest BCUT2D eigenvalue weighted by atomic mass is 10.2. The number of carbonyl (C=O) groups excluding carboxylic acids is 1. The first-order valence-electron chi connectivity index (χ1n) is 6.78. The first kappa shape index (κ1) is 14.9. The maximum absolute atomic E-state index is 13.2. The van der Waals surface area contributed by atoms with E-state index in [0.29, 0.717) is 5.75 Å². The fourth-order valence-electron chi connectivity index (χ4n) is 2.12. The van der Waals surface area contributed by atoms with Crippen molar-refractivity contribution in [1.82, 2.24) is 9.97 Å². The van der Waals surface area contributed by atoms with Gasteiger partial charge in [-0.25, -0.2) is 13.8 Å². The number of carbonyl (C=O) groups is 1. The average Bonchev–Trinajstić information content (AvgIpc) is 2.96. The van der Waals surface area contributed by atoms with E-state index in [4.69, 9.17) is 4.74 Å². The molecule has 0 radical (unpaired) electrons. The van der Waals surface area contributed by atoms with E-state index in [0.717, 1.165) is 17.7 Å². The Kier molecular flexibility index (Phi) is 3.89. The molecule has 2 aromatic carbocycles. The molecule has 0 atom stereocenters. The highest BCUT2D eigenvalue weighted by molar-refractivity contribution is 6.05. The van der Waals surface area contributed by atoms with Crippen LogP contribution in [0.25, 0.3) is 17.1 Å². The van der Waals surface area contributed by atoms with E-state index >= 15 is 0 Å². The van der Waals surface area contributed by atoms with Crippen molar-refractivity contribution in [2.45, 2.75) is 0 Å². The zero-order valence-corrected chi connectivity index (χ0v) is 12.1. The maximum atomic E-state index is 13.2. The van der Waals surface area contributed by atoms with Gasteiger partial charge in [0.25, 0.3) is 0 Å². The van der Waals surface area contributed by atoms with Crippen LogP contribution in [0.15, 0.2) is 42.5 Å². The number of nitrogens with one attached hydrogen (secondary N) is 1. The summed E-state index contributed by atoms with van der Waals surface area (Å²) in [5.41, 5.74) is 1.25. The highest BCUT2D eigenvalue weighted by Crippen LogP contribution is 2.17. The fraction of sp³-hybridized carbons (Fsp3) is 0.0588. The summed E-state index contributed by atoms with van der Waals surface area (Å²) in [5, 5.41) is 0. The molecule has 1 N–H and O–H groups in total. The van der Waals surface area contributed by atoms with E-state index in [-0.39, 0.29) is 16.9 Å². The summed E-state index contributed by atoms with van der Waals surface area (Å²) >= 11 is 0. The summed E-state index contributed by atoms with van der Waals surface area (Å²) in [6, 6.07) is 9.10. The lowest BCUT2D eigenvalue weighted by molar-refractivity contribution is 0.103. The van der Waals surface area contributed by atoms with Gasteiger partial charge in [0, 0.05) is 12.1 Å². The predicted molar refractivity (Wildman–Crippen MR) is 82.4 cm³/mol. The lowest BCUT2D eigenvalue weighted by Crippen LogP contribution is -1.96. The molecule has 4 nitrogen and oxygen atoms in total. The number of rotatable bonds is 4. The standard InChI is InChI=1S/C17H12F2N2O2/c1-23-11-4-2-3-10(7-11)5-6-16(22)17-20-14-8-12(18)13(19)9-15(14)21-17/h2-9H,1H3,(H,20,21)/b6-5+. The molecule has 0 amide bonds. The molecule has 0 aliphatic carbocycles. The third kappa shape index (κ3) is 3.11. The number of methoxy groups -OCH3 is 1. The molecule has 0 spiro atoms. The van der Waals surface area contributed by atoms with Crippen molar-refractivity contribution < 1.29 is 18.3 Å². The summed E-state index contributed by atoms with van der Waals surface area (Å²) in [7, 11) is 1.56. The van der Waals surface area contributed by atoms with Gasteiger partial charge in [-0.15, -0.1) is 0 Å². The Morgan fingerprint density at radius 2 is 2.00 bits per heavy atom. The summed E-state index contributed by atoms with van der Waals surface area (Å²) in [6.07, 6.45) is 2.94. The van der Waals surface area contributed by atoms with Crippen molar-refractivity contribution in [2.24, 2.45) is 0 Å². The van der Waals surface area contributed by atoms with Crippen molar-refractivity contribution in [1.29, 1.82) is 0 Å². The van der Waals surface area contributed by atoms with Crippen LogP contribution in [-0.2, 0) is 0 Å². The van der Waals surface area contributed by atoms with Crippen molar-refractivity contribution in [3.05, 3.63) is 65.5 Å². The molecule has 3 aromatic rings. The Morgan fingerprint density at radius 1 is 1.22 bits per heavy atom. The summed E-state index contributed by atoms with van der Waals surface area (Å²) in [6.45, 7) is 0. The van der Waals surface area contributed by atoms with Gasteiger partial charge in [0.2, 0.25) is 5.78 Å². The third-order valence-electron chi connectivity index (χ3n) is 3.28. The van der Waals surface area contributed by atoms with Crippen molar-refractivity contribution in [2.75, 3.05) is 7.11 Å². The van der Waals surface area contributed by atoms with E-state index in [9.17, 15) is 13.6 Å². The van der Waals surface area contributed by atoms with Gasteiger partial charge in [-0.3, -0.25) is 4.79 Å². The minimum atomic E-state index is -1.00. The first-order chi connectivity index (χ1) is 11.1. The van der Waals surface area contributed by atoms with Crippen LogP contribution in [0.1, 0.15) is 16.2 Å². The van der Waals surface area contributed by atoms with Crippen molar-refractivity contribution in [3.63, 3.8) is 0 Å². The van der Waals surface area contributed by atoms with Crippen LogP contribution in [-0.4, -0.2) is 22.9 Å². The average molecular weight is 314 g/mol. The molecule has 0 fully saturated rings. The fourth-order valence-corrected chi connectivity index (χ4v) is 2.12. The second-order valence-electron chi connectivity index (χ2n) is 4.84. The zero-order chi connectivity index (χ0) is 16.4. The summed E-state index contributed by atoms with van der Waals surface area (Å²) in [4.78, 5) is 18.8. The van der Waals surface area contributed by atoms with Crippen molar-refractivity contribution in [3.8, 4) is 5.75 Å². The van der Waals surface area contributed by atoms with E-state index in [1.165, 1.54) is 6.08 Å². The minimum absolute atomic E-state index is 0.0177. The Hall–Kier alpha value is -3.02. The topological polar surface area (TPSA) is 55.0 Å². The molecule has 1 aromatic heterocycles. The highest BCUT2D eigenvalue weighted by Gasteiger charge is 2.12. The van der Waals surface area contributed by atoms with Gasteiger partial charge < -0.3 is 9.72 Å². The largest absolute Gasteiger partial charge is 0.497 e. The number of halogens is 2. The number of benzene rings is 2. The lowest BCUT2D eigenvalue weighted by Gasteiger charge is -1.99. The van der Waals surface area contributed by atoms with Crippen molar-refractivity contribution >= 4 is 22.9 Å². The molecule has 0 unspecified atom stereocenters. The van der Waals surface area contributed by atoms with Crippen LogP contribution in [0.2, 0.25) is 0 Å². The number of nitrogens with zero attached hydrogens (tertiary/aromatic N) is 1. The van der Waals surface area contributed by atoms with E-state index in [1.807, 2.05) is 6.07 Å². The van der Waals surface area contributed by atoms with Crippen LogP contribution in [0.3, 0.4) is 0 Å². The molecule has 23 heavy (non-hydrogen) atoms. The molecule has 0 bridgehead atoms. The smallest absolute Gasteiger partial charge is 0.221 e. The summed E-state index contributed by atoms with van der Waals surface area (Å²) in [5.74, 6) is -1.70. The van der Waals surface area contributed by atoms with Gasteiger partial charge in [0.15, 0.2) is 17.5 Å². The number of aromatic amines is 1. The number of hydrogen-bond acceptors (Lipinski definition) is 3. The van der Waals surface area contributed by atoms with Gasteiger partial charge in [0.1, 0.15) is 5.75 Å². The van der Waals surface area contributed by atoms with Crippen LogP contribution in [0.4, 0.5) is 8.78 Å². The van der Waals surface area contributed by atoms with Crippen LogP contribution in [0, 0.1) is 11.6 Å². The van der Waals surface area contributed by atoms with Gasteiger partial charge >= 0.3 is 0 Å². The number of imidazole rings is 1. The van der Waals surface area contributed by atoms with Gasteiger partial charge in [-0.1, -0.05) is 18.2 Å². The summed E-state index contributed by atoms with van der Waals surface area (Å²) < 4.78 is 31.4. The van der Waals surface area contributed by atoms with E-state index < -0.39 is 17.4 Å². The number of H-pyrrole nitrogens is 1. The second-order valence-corrected chi connectivity index (χ2v) is 4.84. The molecular formula is C17H12F2N2O2. The molecule has 0 aliphatic heterocycles. The van der Waals surface area contributed by atoms with Crippen LogP contribution >= 0.6 is 0 Å². The van der Waals surface area contributed by atoms with Gasteiger partial charge in [0.05, 0.1) is 18.1 Å². The number of fused-ring (bicyclic) bond motifs is 1. The Labute approximate surface area is 130 Å². The first-order valence-corrected chi connectivity index (χ1v) is 6.78. The third-order valence-corrected chi connectivity index (χ3v) is 3.28. The highest BCUT2D eigenvalue weighted by atomic mass is 19.2. The van der Waals surface area contributed by atoms with Crippen LogP contribution < -0.4 is 4.74 Å². The van der Waals surface area contributed by atoms with E-state index in [2.05, 4.69) is 9.97 Å². The van der Waals surface area contributed by atoms with Gasteiger partial charge in [-0.2, -0.15) is 0 Å². The quantitative estimate of drug-likeness (QED) is 0.589. The number of aromatic nitrogens is 2.